The number of hydrogen-bond donors (Lipinski definition) is 1. The number of nitrogens with one attached hydrogen (secondary N) is 1. The molecule has 2 aromatic carbocycles. The van der Waals surface area contributed by atoms with Crippen molar-refractivity contribution in [3.63, 3.8) is 0 Å². The Balaban J connectivity index is 1.85. The van der Waals surface area contributed by atoms with Crippen molar-refractivity contribution in [2.75, 3.05) is 13.7 Å². The Labute approximate surface area is 155 Å². The zero-order valence-electron chi connectivity index (χ0n) is 16.0. The van der Waals surface area contributed by atoms with Gasteiger partial charge < -0.3 is 9.47 Å². The summed E-state index contributed by atoms with van der Waals surface area (Å²) in [7, 11) is 1.61. The topological polar surface area (TPSA) is 59.9 Å². The first-order valence-corrected chi connectivity index (χ1v) is 8.49. The first-order chi connectivity index (χ1) is 12.3. The van der Waals surface area contributed by atoms with E-state index in [0.717, 1.165) is 16.9 Å². The smallest absolute Gasteiger partial charge is 0.277 e. The second kappa shape index (κ2) is 8.52. The van der Waals surface area contributed by atoms with E-state index in [4.69, 9.17) is 9.47 Å². The van der Waals surface area contributed by atoms with Crippen LogP contribution in [0.3, 0.4) is 0 Å². The van der Waals surface area contributed by atoms with Crippen LogP contribution in [-0.2, 0) is 10.2 Å². The summed E-state index contributed by atoms with van der Waals surface area (Å²) >= 11 is 0. The highest BCUT2D eigenvalue weighted by atomic mass is 16.5. The van der Waals surface area contributed by atoms with Crippen molar-refractivity contribution in [1.82, 2.24) is 5.43 Å². The number of aryl methyl sites for hydroxylation is 1. The third-order valence-electron chi connectivity index (χ3n) is 3.92. The van der Waals surface area contributed by atoms with E-state index in [1.807, 2.05) is 43.3 Å². The molecule has 0 unspecified atom stereocenters. The molecule has 0 atom stereocenters. The monoisotopic (exact) mass is 354 g/mol. The Bertz CT molecular complexity index is 775. The highest BCUT2D eigenvalue weighted by molar-refractivity contribution is 5.83. The molecular formula is C21H26N2O3. The van der Waals surface area contributed by atoms with Crippen LogP contribution in [0.1, 0.15) is 37.5 Å². The molecule has 0 spiro atoms. The van der Waals surface area contributed by atoms with Gasteiger partial charge in [0, 0.05) is 0 Å². The molecule has 0 heterocycles. The van der Waals surface area contributed by atoms with Gasteiger partial charge in [-0.2, -0.15) is 5.10 Å². The maximum Gasteiger partial charge on any atom is 0.277 e. The van der Waals surface area contributed by atoms with Crippen LogP contribution in [-0.4, -0.2) is 25.8 Å². The summed E-state index contributed by atoms with van der Waals surface area (Å²) in [5.74, 6) is 1.16. The minimum Gasteiger partial charge on any atom is -0.497 e. The lowest BCUT2D eigenvalue weighted by Crippen LogP contribution is -2.24. The average molecular weight is 354 g/mol. The van der Waals surface area contributed by atoms with Crippen molar-refractivity contribution in [3.8, 4) is 11.5 Å². The van der Waals surface area contributed by atoms with Crippen molar-refractivity contribution in [3.05, 3.63) is 59.2 Å². The molecule has 5 nitrogen and oxygen atoms in total. The number of rotatable bonds is 6. The largest absolute Gasteiger partial charge is 0.497 e. The number of benzene rings is 2. The fraction of sp³-hybridized carbons (Fsp3) is 0.333. The van der Waals surface area contributed by atoms with Crippen LogP contribution in [0.2, 0.25) is 0 Å². The molecule has 2 rings (SSSR count). The van der Waals surface area contributed by atoms with Crippen LogP contribution in [0.4, 0.5) is 0 Å². The van der Waals surface area contributed by atoms with Crippen LogP contribution in [0.25, 0.3) is 0 Å². The molecule has 0 aliphatic carbocycles. The molecule has 26 heavy (non-hydrogen) atoms. The number of nitrogens with zero attached hydrogens (tertiary/aromatic N) is 1. The van der Waals surface area contributed by atoms with Gasteiger partial charge in [0.2, 0.25) is 0 Å². The molecule has 2 aromatic rings. The Kier molecular flexibility index (Phi) is 6.39. The lowest BCUT2D eigenvalue weighted by Gasteiger charge is -2.20. The minimum atomic E-state index is -0.311. The van der Waals surface area contributed by atoms with E-state index in [-0.39, 0.29) is 17.9 Å². The molecule has 0 fully saturated rings. The predicted octanol–water partition coefficient (Wildman–Crippen LogP) is 3.83. The minimum absolute atomic E-state index is 0.0802. The normalized spacial score (nSPS) is 11.4. The fourth-order valence-corrected chi connectivity index (χ4v) is 2.32. The Morgan fingerprint density at radius 2 is 1.85 bits per heavy atom. The number of carbonyl (C=O) groups excluding carboxylic acids is 1. The molecule has 0 radical (unpaired) electrons. The molecule has 0 bridgehead atoms. The van der Waals surface area contributed by atoms with E-state index < -0.39 is 0 Å². The van der Waals surface area contributed by atoms with Gasteiger partial charge in [-0.3, -0.25) is 4.79 Å². The van der Waals surface area contributed by atoms with E-state index in [1.54, 1.807) is 13.3 Å². The number of carbonyl (C=O) groups is 1. The van der Waals surface area contributed by atoms with E-state index in [9.17, 15) is 4.79 Å². The lowest BCUT2D eigenvalue weighted by molar-refractivity contribution is -0.123. The molecule has 0 saturated carbocycles. The number of hydrazone groups is 1. The number of hydrogen-bond acceptors (Lipinski definition) is 4. The molecule has 0 aromatic heterocycles. The molecule has 1 amide bonds. The average Bonchev–Trinajstić information content (AvgIpc) is 2.60. The van der Waals surface area contributed by atoms with Crippen LogP contribution < -0.4 is 14.9 Å². The zero-order valence-corrected chi connectivity index (χ0v) is 16.0. The van der Waals surface area contributed by atoms with Crippen molar-refractivity contribution in [2.24, 2.45) is 5.10 Å². The van der Waals surface area contributed by atoms with Crippen LogP contribution in [0, 0.1) is 6.92 Å². The van der Waals surface area contributed by atoms with Crippen LogP contribution >= 0.6 is 0 Å². The highest BCUT2D eigenvalue weighted by Crippen LogP contribution is 2.27. The van der Waals surface area contributed by atoms with E-state index >= 15 is 0 Å². The molecule has 138 valence electrons. The SMILES string of the molecule is COc1ccc(C=NNC(=O)COc2ccc(C(C)(C)C)cc2C)cc1. The van der Waals surface area contributed by atoms with Crippen LogP contribution in [0.15, 0.2) is 47.6 Å². The first kappa shape index (κ1) is 19.5. The molecule has 0 saturated heterocycles. The quantitative estimate of drug-likeness (QED) is 0.633. The van der Waals surface area contributed by atoms with E-state index in [1.165, 1.54) is 5.56 Å². The number of ether oxygens (including phenoxy) is 2. The van der Waals surface area contributed by atoms with Gasteiger partial charge in [0.1, 0.15) is 11.5 Å². The maximum absolute atomic E-state index is 11.9. The third-order valence-corrected chi connectivity index (χ3v) is 3.92. The van der Waals surface area contributed by atoms with Crippen molar-refractivity contribution >= 4 is 12.1 Å². The third kappa shape index (κ3) is 5.62. The Morgan fingerprint density at radius 3 is 2.42 bits per heavy atom. The molecule has 1 N–H and O–H groups in total. The molecule has 0 aliphatic rings. The summed E-state index contributed by atoms with van der Waals surface area (Å²) in [6, 6.07) is 13.4. The second-order valence-corrected chi connectivity index (χ2v) is 7.09. The van der Waals surface area contributed by atoms with Crippen LogP contribution in [0.5, 0.6) is 11.5 Å². The second-order valence-electron chi connectivity index (χ2n) is 7.09. The summed E-state index contributed by atoms with van der Waals surface area (Å²) in [6.45, 7) is 8.38. The van der Waals surface area contributed by atoms with Gasteiger partial charge in [-0.05, 0) is 59.4 Å². The predicted molar refractivity (Wildman–Crippen MR) is 104 cm³/mol. The van der Waals surface area contributed by atoms with Crippen molar-refractivity contribution in [1.29, 1.82) is 0 Å². The van der Waals surface area contributed by atoms with Gasteiger partial charge in [0.25, 0.3) is 5.91 Å². The highest BCUT2D eigenvalue weighted by Gasteiger charge is 2.15. The summed E-state index contributed by atoms with van der Waals surface area (Å²) < 4.78 is 10.7. The van der Waals surface area contributed by atoms with Crippen molar-refractivity contribution in [2.45, 2.75) is 33.1 Å². The van der Waals surface area contributed by atoms with Gasteiger partial charge in [-0.1, -0.05) is 32.9 Å². The fourth-order valence-electron chi connectivity index (χ4n) is 2.32. The van der Waals surface area contributed by atoms with Gasteiger partial charge in [-0.25, -0.2) is 5.43 Å². The number of amides is 1. The maximum atomic E-state index is 11.9. The summed E-state index contributed by atoms with van der Waals surface area (Å²) in [6.07, 6.45) is 1.57. The van der Waals surface area contributed by atoms with Crippen molar-refractivity contribution < 1.29 is 14.3 Å². The standard InChI is InChI=1S/C21H26N2O3/c1-15-12-17(21(2,3)4)8-11-19(15)26-14-20(24)23-22-13-16-6-9-18(25-5)10-7-16/h6-13H,14H2,1-5H3,(H,23,24). The van der Waals surface area contributed by atoms with E-state index in [0.29, 0.717) is 5.75 Å². The molecule has 0 aliphatic heterocycles. The summed E-state index contributed by atoms with van der Waals surface area (Å²) in [4.78, 5) is 11.9. The van der Waals surface area contributed by atoms with Gasteiger partial charge >= 0.3 is 0 Å². The number of methoxy groups -OCH3 is 1. The first-order valence-electron chi connectivity index (χ1n) is 8.49. The Hall–Kier alpha value is -2.82. The molecular weight excluding hydrogens is 328 g/mol. The summed E-state index contributed by atoms with van der Waals surface area (Å²) in [5, 5.41) is 3.93. The van der Waals surface area contributed by atoms with Gasteiger partial charge in [-0.15, -0.1) is 0 Å². The van der Waals surface area contributed by atoms with Gasteiger partial charge in [0.05, 0.1) is 13.3 Å². The Morgan fingerprint density at radius 1 is 1.15 bits per heavy atom. The van der Waals surface area contributed by atoms with Gasteiger partial charge in [0.15, 0.2) is 6.61 Å². The lowest BCUT2D eigenvalue weighted by atomic mass is 9.86. The molecule has 5 heteroatoms. The van der Waals surface area contributed by atoms with E-state index in [2.05, 4.69) is 37.4 Å². The summed E-state index contributed by atoms with van der Waals surface area (Å²) in [5.41, 5.74) is 5.64. The zero-order chi connectivity index (χ0) is 19.2.